The third-order valence-corrected chi connectivity index (χ3v) is 5.90. The van der Waals surface area contributed by atoms with Crippen molar-refractivity contribution in [1.82, 2.24) is 25.1 Å². The second-order valence-corrected chi connectivity index (χ2v) is 7.92. The molecule has 0 unspecified atom stereocenters. The van der Waals surface area contributed by atoms with E-state index in [4.69, 9.17) is 4.98 Å². The number of allylic oxidation sites excluding steroid dienone is 6. The van der Waals surface area contributed by atoms with Crippen LogP contribution in [0.3, 0.4) is 0 Å². The lowest BCUT2D eigenvalue weighted by molar-refractivity contribution is 1.11. The molecule has 162 valence electrons. The van der Waals surface area contributed by atoms with Crippen LogP contribution in [0.15, 0.2) is 85.2 Å². The van der Waals surface area contributed by atoms with Crippen molar-refractivity contribution in [3.8, 4) is 22.6 Å². The van der Waals surface area contributed by atoms with E-state index in [9.17, 15) is 0 Å². The van der Waals surface area contributed by atoms with E-state index in [0.717, 1.165) is 55.7 Å². The van der Waals surface area contributed by atoms with Crippen molar-refractivity contribution in [1.29, 1.82) is 0 Å². The van der Waals surface area contributed by atoms with Crippen molar-refractivity contribution in [2.24, 2.45) is 0 Å². The monoisotopic (exact) mass is 431 g/mol. The van der Waals surface area contributed by atoms with Gasteiger partial charge in [-0.05, 0) is 61.7 Å². The number of rotatable bonds is 5. The highest BCUT2D eigenvalue weighted by molar-refractivity contribution is 5.96. The average molecular weight is 432 g/mol. The maximum absolute atomic E-state index is 4.74. The fraction of sp³-hybridized carbons (Fsp3) is 0.107. The van der Waals surface area contributed by atoms with E-state index in [1.54, 1.807) is 0 Å². The van der Waals surface area contributed by atoms with Crippen LogP contribution in [0.1, 0.15) is 25.0 Å². The molecule has 5 heteroatoms. The molecular weight excluding hydrogens is 406 g/mol. The van der Waals surface area contributed by atoms with Gasteiger partial charge in [-0.3, -0.25) is 10.1 Å². The smallest absolute Gasteiger partial charge is 0.159 e. The van der Waals surface area contributed by atoms with Gasteiger partial charge in [-0.2, -0.15) is 5.10 Å². The van der Waals surface area contributed by atoms with Crippen molar-refractivity contribution in [3.05, 3.63) is 96.4 Å². The van der Waals surface area contributed by atoms with Gasteiger partial charge in [0.05, 0.1) is 16.6 Å². The number of H-pyrrole nitrogens is 2. The molecule has 0 saturated heterocycles. The molecule has 5 rings (SSSR count). The fourth-order valence-corrected chi connectivity index (χ4v) is 4.15. The molecule has 0 atom stereocenters. The number of nitrogens with zero attached hydrogens (tertiary/aromatic N) is 3. The van der Waals surface area contributed by atoms with Gasteiger partial charge >= 0.3 is 0 Å². The Bertz CT molecular complexity index is 1510. The number of pyridine rings is 1. The summed E-state index contributed by atoms with van der Waals surface area (Å²) in [7, 11) is 0. The number of benzene rings is 2. The molecule has 5 nitrogen and oxygen atoms in total. The summed E-state index contributed by atoms with van der Waals surface area (Å²) >= 11 is 0. The Morgan fingerprint density at radius 2 is 1.85 bits per heavy atom. The number of imidazole rings is 1. The Kier molecular flexibility index (Phi) is 5.45. The Labute approximate surface area is 192 Å². The van der Waals surface area contributed by atoms with Crippen molar-refractivity contribution < 1.29 is 0 Å². The van der Waals surface area contributed by atoms with Gasteiger partial charge in [0.1, 0.15) is 5.69 Å². The summed E-state index contributed by atoms with van der Waals surface area (Å²) in [5.74, 6) is 0.758. The molecule has 0 fully saturated rings. The molecule has 0 radical (unpaired) electrons. The normalized spacial score (nSPS) is 12.6. The summed E-state index contributed by atoms with van der Waals surface area (Å²) in [6, 6.07) is 14.4. The zero-order chi connectivity index (χ0) is 22.8. The molecule has 0 spiro atoms. The average Bonchev–Trinajstić information content (AvgIpc) is 3.46. The molecule has 3 aromatic heterocycles. The van der Waals surface area contributed by atoms with Gasteiger partial charge in [0.25, 0.3) is 0 Å². The van der Waals surface area contributed by atoms with E-state index in [2.05, 4.69) is 70.4 Å². The second-order valence-electron chi connectivity index (χ2n) is 7.92. The SMILES string of the molecule is C/C=C/C=C\C(=C/C)c1cncc(-c2ccc3[nH]nc(-c4nc5ccccc5[nH]4)c3c2)c1C. The molecule has 5 aromatic rings. The predicted octanol–water partition coefficient (Wildman–Crippen LogP) is 7.01. The van der Waals surface area contributed by atoms with E-state index in [-0.39, 0.29) is 0 Å². The third-order valence-electron chi connectivity index (χ3n) is 5.90. The first-order valence-corrected chi connectivity index (χ1v) is 11.0. The van der Waals surface area contributed by atoms with E-state index >= 15 is 0 Å². The molecule has 0 aliphatic rings. The van der Waals surface area contributed by atoms with Crippen LogP contribution in [-0.2, 0) is 0 Å². The van der Waals surface area contributed by atoms with Crippen LogP contribution in [-0.4, -0.2) is 25.1 Å². The van der Waals surface area contributed by atoms with Crippen LogP contribution in [0, 0.1) is 6.92 Å². The standard InChI is InChI=1S/C28H25N5/c1-4-6-7-10-19(5-2)22-16-29-17-23(18(22)3)20-13-14-24-21(15-20)27(33-32-24)28-30-25-11-8-9-12-26(25)31-28/h4-17H,1-3H3,(H,30,31)(H,32,33)/b6-4+,10-7-,19-5+. The molecule has 33 heavy (non-hydrogen) atoms. The Balaban J connectivity index is 1.61. The van der Waals surface area contributed by atoms with E-state index in [1.807, 2.05) is 55.7 Å². The summed E-state index contributed by atoms with van der Waals surface area (Å²) < 4.78 is 0. The topological polar surface area (TPSA) is 70.2 Å². The van der Waals surface area contributed by atoms with Gasteiger partial charge in [-0.25, -0.2) is 4.98 Å². The number of aromatic amines is 2. The number of para-hydroxylation sites is 2. The molecule has 2 aromatic carbocycles. The summed E-state index contributed by atoms with van der Waals surface area (Å²) in [4.78, 5) is 12.7. The lowest BCUT2D eigenvalue weighted by atomic mass is 9.94. The van der Waals surface area contributed by atoms with Crippen molar-refractivity contribution in [2.75, 3.05) is 0 Å². The van der Waals surface area contributed by atoms with E-state index in [0.29, 0.717) is 0 Å². The largest absolute Gasteiger partial charge is 0.337 e. The minimum Gasteiger partial charge on any atom is -0.337 e. The maximum Gasteiger partial charge on any atom is 0.159 e. The van der Waals surface area contributed by atoms with Crippen LogP contribution in [0.5, 0.6) is 0 Å². The number of hydrogen-bond donors (Lipinski definition) is 2. The maximum atomic E-state index is 4.74. The molecule has 0 aliphatic heterocycles. The van der Waals surface area contributed by atoms with Crippen molar-refractivity contribution in [2.45, 2.75) is 20.8 Å². The summed E-state index contributed by atoms with van der Waals surface area (Å²) in [5.41, 5.74) is 9.37. The summed E-state index contributed by atoms with van der Waals surface area (Å²) in [5, 5.41) is 8.72. The zero-order valence-electron chi connectivity index (χ0n) is 18.9. The summed E-state index contributed by atoms with van der Waals surface area (Å²) in [6.07, 6.45) is 14.2. The fourth-order valence-electron chi connectivity index (χ4n) is 4.15. The van der Waals surface area contributed by atoms with Crippen LogP contribution in [0.25, 0.3) is 50.2 Å². The Hall–Kier alpha value is -4.25. The van der Waals surface area contributed by atoms with Gasteiger partial charge < -0.3 is 4.98 Å². The predicted molar refractivity (Wildman–Crippen MR) is 137 cm³/mol. The van der Waals surface area contributed by atoms with Gasteiger partial charge in [0.15, 0.2) is 5.82 Å². The lowest BCUT2D eigenvalue weighted by Gasteiger charge is -2.12. The minimum atomic E-state index is 0.758. The quantitative estimate of drug-likeness (QED) is 0.294. The Morgan fingerprint density at radius 3 is 2.67 bits per heavy atom. The van der Waals surface area contributed by atoms with Crippen LogP contribution < -0.4 is 0 Å². The van der Waals surface area contributed by atoms with Crippen LogP contribution in [0.4, 0.5) is 0 Å². The summed E-state index contributed by atoms with van der Waals surface area (Å²) in [6.45, 7) is 6.22. The highest BCUT2D eigenvalue weighted by Gasteiger charge is 2.15. The van der Waals surface area contributed by atoms with Crippen molar-refractivity contribution in [3.63, 3.8) is 0 Å². The first-order valence-electron chi connectivity index (χ1n) is 11.0. The number of aromatic nitrogens is 5. The van der Waals surface area contributed by atoms with Gasteiger partial charge in [-0.1, -0.05) is 48.6 Å². The van der Waals surface area contributed by atoms with E-state index in [1.165, 1.54) is 5.56 Å². The van der Waals surface area contributed by atoms with E-state index < -0.39 is 0 Å². The molecular formula is C28H25N5. The lowest BCUT2D eigenvalue weighted by Crippen LogP contribution is -1.93. The second kappa shape index (κ2) is 8.71. The number of hydrogen-bond acceptors (Lipinski definition) is 3. The number of nitrogens with one attached hydrogen (secondary N) is 2. The molecule has 2 N–H and O–H groups in total. The highest BCUT2D eigenvalue weighted by atomic mass is 15.1. The van der Waals surface area contributed by atoms with Gasteiger partial charge in [-0.15, -0.1) is 0 Å². The number of fused-ring (bicyclic) bond motifs is 2. The molecule has 3 heterocycles. The van der Waals surface area contributed by atoms with Gasteiger partial charge in [0, 0.05) is 28.9 Å². The van der Waals surface area contributed by atoms with Crippen molar-refractivity contribution >= 4 is 27.5 Å². The van der Waals surface area contributed by atoms with Crippen LogP contribution >= 0.6 is 0 Å². The van der Waals surface area contributed by atoms with Crippen LogP contribution in [0.2, 0.25) is 0 Å². The third kappa shape index (κ3) is 3.78. The molecule has 0 aliphatic carbocycles. The first-order chi connectivity index (χ1) is 16.2. The zero-order valence-corrected chi connectivity index (χ0v) is 18.9. The molecule has 0 amide bonds. The Morgan fingerprint density at radius 1 is 0.970 bits per heavy atom. The minimum absolute atomic E-state index is 0.758. The first kappa shape index (κ1) is 20.6. The highest BCUT2D eigenvalue weighted by Crippen LogP contribution is 2.33. The molecule has 0 saturated carbocycles. The molecule has 0 bridgehead atoms. The van der Waals surface area contributed by atoms with Gasteiger partial charge in [0.2, 0.25) is 0 Å².